The van der Waals surface area contributed by atoms with Crippen molar-refractivity contribution in [1.29, 1.82) is 0 Å². The third-order valence-corrected chi connectivity index (χ3v) is 3.68. The molecule has 0 bridgehead atoms. The van der Waals surface area contributed by atoms with Gasteiger partial charge in [-0.2, -0.15) is 0 Å². The second kappa shape index (κ2) is 5.61. The first kappa shape index (κ1) is 13.7. The van der Waals surface area contributed by atoms with Gasteiger partial charge in [0.2, 0.25) is 5.95 Å². The van der Waals surface area contributed by atoms with Crippen LogP contribution in [0.25, 0.3) is 11.0 Å². The van der Waals surface area contributed by atoms with Gasteiger partial charge in [0.05, 0.1) is 5.52 Å². The van der Waals surface area contributed by atoms with Crippen LogP contribution in [0.4, 0.5) is 10.7 Å². The number of para-hydroxylation sites is 1. The Bertz CT molecular complexity index is 655. The zero-order valence-corrected chi connectivity index (χ0v) is 11.9. The van der Waals surface area contributed by atoms with Crippen molar-refractivity contribution in [3.8, 4) is 5.75 Å². The van der Waals surface area contributed by atoms with Crippen LogP contribution in [-0.4, -0.2) is 59.4 Å². The van der Waals surface area contributed by atoms with Crippen molar-refractivity contribution in [3.05, 3.63) is 18.2 Å². The number of imidazole rings is 1. The number of anilines is 1. The number of hydrogen-bond donors (Lipinski definition) is 2. The van der Waals surface area contributed by atoms with Gasteiger partial charge in [0.25, 0.3) is 0 Å². The lowest BCUT2D eigenvalue weighted by Gasteiger charge is -2.19. The summed E-state index contributed by atoms with van der Waals surface area (Å²) in [5.41, 5.74) is 1.33. The van der Waals surface area contributed by atoms with Crippen LogP contribution in [0, 0.1) is 0 Å². The summed E-state index contributed by atoms with van der Waals surface area (Å²) in [6, 6.07) is 5.22. The number of aromatic nitrogens is 2. The molecule has 2 heterocycles. The van der Waals surface area contributed by atoms with Crippen LogP contribution >= 0.6 is 0 Å². The molecule has 21 heavy (non-hydrogen) atoms. The van der Waals surface area contributed by atoms with Gasteiger partial charge in [-0.3, -0.25) is 0 Å². The van der Waals surface area contributed by atoms with E-state index in [0.717, 1.165) is 44.1 Å². The van der Waals surface area contributed by atoms with Crippen LogP contribution in [0.5, 0.6) is 5.75 Å². The molecule has 1 saturated heterocycles. The fourth-order valence-electron chi connectivity index (χ4n) is 2.58. The summed E-state index contributed by atoms with van der Waals surface area (Å²) in [6.45, 7) is 3.88. The van der Waals surface area contributed by atoms with Crippen molar-refractivity contribution < 1.29 is 14.6 Å². The van der Waals surface area contributed by atoms with Crippen molar-refractivity contribution in [2.24, 2.45) is 0 Å². The molecule has 1 aliphatic rings. The van der Waals surface area contributed by atoms with Gasteiger partial charge in [0.1, 0.15) is 5.52 Å². The van der Waals surface area contributed by atoms with Gasteiger partial charge in [0, 0.05) is 19.6 Å². The van der Waals surface area contributed by atoms with E-state index in [1.165, 1.54) is 0 Å². The van der Waals surface area contributed by atoms with E-state index in [9.17, 15) is 4.79 Å². The Morgan fingerprint density at radius 3 is 3.00 bits per heavy atom. The molecule has 0 saturated carbocycles. The second-order valence-corrected chi connectivity index (χ2v) is 5.22. The lowest BCUT2D eigenvalue weighted by Crippen LogP contribution is -2.29. The molecule has 0 radical (unpaired) electrons. The Balaban J connectivity index is 1.91. The van der Waals surface area contributed by atoms with Gasteiger partial charge in [-0.25, -0.2) is 9.78 Å². The van der Waals surface area contributed by atoms with Crippen molar-refractivity contribution in [3.63, 3.8) is 0 Å². The molecule has 1 fully saturated rings. The van der Waals surface area contributed by atoms with Gasteiger partial charge in [-0.15, -0.1) is 0 Å². The van der Waals surface area contributed by atoms with Crippen molar-refractivity contribution in [2.45, 2.75) is 6.42 Å². The number of rotatable bonds is 2. The van der Waals surface area contributed by atoms with Gasteiger partial charge < -0.3 is 24.6 Å². The number of nitrogens with one attached hydrogen (secondary N) is 1. The Morgan fingerprint density at radius 1 is 1.33 bits per heavy atom. The molecule has 0 atom stereocenters. The largest absolute Gasteiger partial charge is 0.511 e. The van der Waals surface area contributed by atoms with Gasteiger partial charge in [-0.05, 0) is 32.1 Å². The van der Waals surface area contributed by atoms with Crippen LogP contribution < -0.4 is 9.64 Å². The number of aromatic amines is 1. The maximum Gasteiger partial charge on any atom is 0.511 e. The number of nitrogens with zero attached hydrogens (tertiary/aromatic N) is 3. The summed E-state index contributed by atoms with van der Waals surface area (Å²) in [5, 5.41) is 8.77. The smallest absolute Gasteiger partial charge is 0.449 e. The van der Waals surface area contributed by atoms with Crippen molar-refractivity contribution in [2.75, 3.05) is 38.1 Å². The lowest BCUT2D eigenvalue weighted by molar-refractivity contribution is 0.145. The molecule has 2 aromatic rings. The van der Waals surface area contributed by atoms with E-state index in [1.807, 2.05) is 6.07 Å². The summed E-state index contributed by atoms with van der Waals surface area (Å²) in [6.07, 6.45) is -0.255. The fourth-order valence-corrected chi connectivity index (χ4v) is 2.58. The Hall–Kier alpha value is -2.28. The number of carbonyl (C=O) groups is 1. The van der Waals surface area contributed by atoms with E-state index in [-0.39, 0.29) is 5.75 Å². The number of H-pyrrole nitrogens is 1. The molecule has 3 rings (SSSR count). The molecule has 7 nitrogen and oxygen atoms in total. The Labute approximate surface area is 122 Å². The predicted molar refractivity (Wildman–Crippen MR) is 79.1 cm³/mol. The number of fused-ring (bicyclic) bond motifs is 1. The molecule has 0 aliphatic carbocycles. The molecule has 1 aliphatic heterocycles. The highest BCUT2D eigenvalue weighted by Gasteiger charge is 2.17. The first-order chi connectivity index (χ1) is 10.1. The van der Waals surface area contributed by atoms with Gasteiger partial charge >= 0.3 is 6.16 Å². The number of likely N-dealkylation sites (N-methyl/N-ethyl adjacent to an activating group) is 1. The third-order valence-electron chi connectivity index (χ3n) is 3.68. The van der Waals surface area contributed by atoms with Crippen molar-refractivity contribution in [1.82, 2.24) is 14.9 Å². The molecular formula is C14H18N4O3. The average Bonchev–Trinajstić information content (AvgIpc) is 2.75. The van der Waals surface area contributed by atoms with Crippen LogP contribution in [0.3, 0.4) is 0 Å². The van der Waals surface area contributed by atoms with E-state index in [4.69, 9.17) is 9.84 Å². The molecule has 0 amide bonds. The highest BCUT2D eigenvalue weighted by Crippen LogP contribution is 2.26. The fraction of sp³-hybridized carbons (Fsp3) is 0.429. The maximum absolute atomic E-state index is 10.7. The molecule has 0 spiro atoms. The van der Waals surface area contributed by atoms with E-state index < -0.39 is 6.16 Å². The molecule has 2 N–H and O–H groups in total. The second-order valence-electron chi connectivity index (χ2n) is 5.22. The SMILES string of the molecule is CN1CCCN(c2nc3c(OC(=O)O)cccc3[nH]2)CC1. The molecule has 1 aromatic heterocycles. The van der Waals surface area contributed by atoms with Crippen LogP contribution in [-0.2, 0) is 0 Å². The van der Waals surface area contributed by atoms with E-state index in [1.54, 1.807) is 12.1 Å². The van der Waals surface area contributed by atoms with Crippen LogP contribution in [0.2, 0.25) is 0 Å². The molecule has 1 aromatic carbocycles. The highest BCUT2D eigenvalue weighted by atomic mass is 16.7. The summed E-state index contributed by atoms with van der Waals surface area (Å²) >= 11 is 0. The third kappa shape index (κ3) is 2.92. The maximum atomic E-state index is 10.7. The van der Waals surface area contributed by atoms with E-state index in [0.29, 0.717) is 5.52 Å². The summed E-state index contributed by atoms with van der Waals surface area (Å²) in [5.74, 6) is 1.02. The zero-order valence-electron chi connectivity index (χ0n) is 11.9. The van der Waals surface area contributed by atoms with Gasteiger partial charge in [-0.1, -0.05) is 6.07 Å². The normalized spacial score (nSPS) is 16.9. The van der Waals surface area contributed by atoms with Crippen LogP contribution in [0.15, 0.2) is 18.2 Å². The molecule has 112 valence electrons. The Kier molecular flexibility index (Phi) is 3.66. The number of ether oxygens (including phenoxy) is 1. The topological polar surface area (TPSA) is 81.7 Å². The van der Waals surface area contributed by atoms with Gasteiger partial charge in [0.15, 0.2) is 5.75 Å². The first-order valence-corrected chi connectivity index (χ1v) is 6.96. The average molecular weight is 290 g/mol. The minimum atomic E-state index is -1.33. The van der Waals surface area contributed by atoms with E-state index >= 15 is 0 Å². The predicted octanol–water partition coefficient (Wildman–Crippen LogP) is 1.76. The molecule has 0 unspecified atom stereocenters. The quantitative estimate of drug-likeness (QED) is 0.648. The summed E-state index contributed by atoms with van der Waals surface area (Å²) in [4.78, 5) is 23.0. The minimum Gasteiger partial charge on any atom is -0.449 e. The molecule has 7 heteroatoms. The molecular weight excluding hydrogens is 272 g/mol. The summed E-state index contributed by atoms with van der Waals surface area (Å²) in [7, 11) is 2.11. The van der Waals surface area contributed by atoms with Crippen LogP contribution in [0.1, 0.15) is 6.42 Å². The monoisotopic (exact) mass is 290 g/mol. The highest BCUT2D eigenvalue weighted by molar-refractivity contribution is 5.85. The lowest BCUT2D eigenvalue weighted by atomic mass is 10.3. The van der Waals surface area contributed by atoms with E-state index in [2.05, 4.69) is 26.8 Å². The number of carboxylic acid groups (broad SMARTS) is 1. The standard InChI is InChI=1S/C14H18N4O3/c1-17-6-3-7-18(9-8-17)13-15-10-4-2-5-11(12(10)16-13)21-14(19)20/h2,4-5H,3,6-9H2,1H3,(H,15,16)(H,19,20). The zero-order chi connectivity index (χ0) is 14.8. The number of hydrogen-bond acceptors (Lipinski definition) is 5. The summed E-state index contributed by atoms with van der Waals surface area (Å²) < 4.78 is 4.78. The number of benzene rings is 1. The minimum absolute atomic E-state index is 0.259. The Morgan fingerprint density at radius 2 is 2.19 bits per heavy atom. The van der Waals surface area contributed by atoms with Crippen molar-refractivity contribution >= 4 is 23.1 Å². The first-order valence-electron chi connectivity index (χ1n) is 6.96.